The van der Waals surface area contributed by atoms with Gasteiger partial charge in [0.25, 0.3) is 0 Å². The van der Waals surface area contributed by atoms with E-state index in [-0.39, 0.29) is 5.69 Å². The highest BCUT2D eigenvalue weighted by Gasteiger charge is 2.06. The van der Waals surface area contributed by atoms with Crippen molar-refractivity contribution in [1.82, 2.24) is 4.98 Å². The van der Waals surface area contributed by atoms with Crippen LogP contribution in [0.3, 0.4) is 0 Å². The Bertz CT molecular complexity index is 712. The van der Waals surface area contributed by atoms with Crippen LogP contribution in [0.4, 0.5) is 17.2 Å². The van der Waals surface area contributed by atoms with Crippen molar-refractivity contribution in [3.8, 4) is 12.1 Å². The number of nitrogens with two attached hydrogens (primary N) is 1. The van der Waals surface area contributed by atoms with Gasteiger partial charge in [0.1, 0.15) is 18.0 Å². The number of aromatic nitrogens is 1. The molecule has 0 saturated carbocycles. The van der Waals surface area contributed by atoms with Crippen LogP contribution >= 0.6 is 15.9 Å². The standard InChI is InChI=1S/C13H8BrN5/c14-9-2-1-8(6-15)11(5-9)18-13-4-3-10(17)12(7-16)19-13/h1-5H,17H2,(H,18,19). The maximum Gasteiger partial charge on any atom is 0.165 e. The molecule has 2 aromatic rings. The number of hydrogen-bond donors (Lipinski definition) is 2. The largest absolute Gasteiger partial charge is 0.396 e. The smallest absolute Gasteiger partial charge is 0.165 e. The van der Waals surface area contributed by atoms with Crippen LogP contribution in [-0.4, -0.2) is 4.98 Å². The third-order valence-corrected chi connectivity index (χ3v) is 2.89. The van der Waals surface area contributed by atoms with Crippen LogP contribution in [0.1, 0.15) is 11.3 Å². The molecule has 0 aliphatic carbocycles. The first kappa shape index (κ1) is 12.9. The summed E-state index contributed by atoms with van der Waals surface area (Å²) in [5.41, 5.74) is 7.17. The van der Waals surface area contributed by atoms with Crippen molar-refractivity contribution >= 4 is 33.1 Å². The lowest BCUT2D eigenvalue weighted by molar-refractivity contribution is 1.26. The molecular weight excluding hydrogens is 306 g/mol. The van der Waals surface area contributed by atoms with Gasteiger partial charge in [-0.3, -0.25) is 0 Å². The Morgan fingerprint density at radius 1 is 1.16 bits per heavy atom. The monoisotopic (exact) mass is 313 g/mol. The summed E-state index contributed by atoms with van der Waals surface area (Å²) in [5.74, 6) is 0.459. The average Bonchev–Trinajstić information content (AvgIpc) is 2.41. The number of pyridine rings is 1. The first-order valence-corrected chi connectivity index (χ1v) is 6.06. The van der Waals surface area contributed by atoms with Gasteiger partial charge in [0.2, 0.25) is 0 Å². The minimum atomic E-state index is 0.151. The topological polar surface area (TPSA) is 98.5 Å². The molecule has 92 valence electrons. The van der Waals surface area contributed by atoms with Crippen molar-refractivity contribution < 1.29 is 0 Å². The van der Waals surface area contributed by atoms with E-state index in [1.54, 1.807) is 30.3 Å². The fraction of sp³-hybridized carbons (Fsp3) is 0. The Hall–Kier alpha value is -2.57. The van der Waals surface area contributed by atoms with Crippen molar-refractivity contribution in [2.75, 3.05) is 11.1 Å². The molecule has 0 fully saturated rings. The van der Waals surface area contributed by atoms with E-state index in [1.807, 2.05) is 6.07 Å². The molecule has 0 bridgehead atoms. The van der Waals surface area contributed by atoms with E-state index in [2.05, 4.69) is 32.3 Å². The number of benzene rings is 1. The number of anilines is 3. The number of nitrogens with zero attached hydrogens (tertiary/aromatic N) is 3. The lowest BCUT2D eigenvalue weighted by atomic mass is 10.2. The summed E-state index contributed by atoms with van der Waals surface area (Å²) in [7, 11) is 0. The number of hydrogen-bond acceptors (Lipinski definition) is 5. The molecule has 0 aliphatic heterocycles. The van der Waals surface area contributed by atoms with Gasteiger partial charge in [0.05, 0.1) is 16.9 Å². The third kappa shape index (κ3) is 2.82. The van der Waals surface area contributed by atoms with E-state index in [4.69, 9.17) is 16.3 Å². The molecule has 19 heavy (non-hydrogen) atoms. The average molecular weight is 314 g/mol. The number of rotatable bonds is 2. The number of halogens is 1. The molecule has 0 atom stereocenters. The lowest BCUT2D eigenvalue weighted by Gasteiger charge is -2.08. The van der Waals surface area contributed by atoms with Crippen LogP contribution in [0, 0.1) is 22.7 Å². The zero-order chi connectivity index (χ0) is 13.8. The summed E-state index contributed by atoms with van der Waals surface area (Å²) in [4.78, 5) is 4.07. The van der Waals surface area contributed by atoms with Crippen molar-refractivity contribution in [2.24, 2.45) is 0 Å². The molecule has 1 aromatic carbocycles. The second-order valence-corrected chi connectivity index (χ2v) is 4.59. The summed E-state index contributed by atoms with van der Waals surface area (Å²) >= 11 is 3.34. The molecule has 1 aromatic heterocycles. The Labute approximate surface area is 118 Å². The Balaban J connectivity index is 2.40. The van der Waals surface area contributed by atoms with Crippen molar-refractivity contribution in [2.45, 2.75) is 0 Å². The second kappa shape index (κ2) is 5.38. The Morgan fingerprint density at radius 2 is 1.95 bits per heavy atom. The number of nitriles is 2. The van der Waals surface area contributed by atoms with Gasteiger partial charge in [-0.05, 0) is 30.3 Å². The molecule has 0 unspecified atom stereocenters. The third-order valence-electron chi connectivity index (χ3n) is 2.40. The molecule has 0 amide bonds. The van der Waals surface area contributed by atoms with E-state index < -0.39 is 0 Å². The second-order valence-electron chi connectivity index (χ2n) is 3.67. The van der Waals surface area contributed by atoms with E-state index in [0.29, 0.717) is 22.8 Å². The molecule has 6 heteroatoms. The van der Waals surface area contributed by atoms with Gasteiger partial charge in [-0.15, -0.1) is 0 Å². The maximum atomic E-state index is 9.03. The van der Waals surface area contributed by atoms with Crippen LogP contribution in [0.5, 0.6) is 0 Å². The number of nitrogen functional groups attached to an aromatic ring is 1. The summed E-state index contributed by atoms with van der Waals surface area (Å²) in [6.07, 6.45) is 0. The van der Waals surface area contributed by atoms with Crippen LogP contribution in [0.15, 0.2) is 34.8 Å². The highest BCUT2D eigenvalue weighted by Crippen LogP contribution is 2.24. The fourth-order valence-corrected chi connectivity index (χ4v) is 1.85. The van der Waals surface area contributed by atoms with Crippen LogP contribution in [-0.2, 0) is 0 Å². The fourth-order valence-electron chi connectivity index (χ4n) is 1.48. The van der Waals surface area contributed by atoms with Crippen molar-refractivity contribution in [1.29, 1.82) is 10.5 Å². The molecule has 2 rings (SSSR count). The van der Waals surface area contributed by atoms with E-state index in [0.717, 1.165) is 4.47 Å². The van der Waals surface area contributed by atoms with E-state index in [9.17, 15) is 0 Å². The summed E-state index contributed by atoms with van der Waals surface area (Å²) in [6.45, 7) is 0. The molecule has 0 spiro atoms. The molecular formula is C13H8BrN5. The SMILES string of the molecule is N#Cc1ccc(Br)cc1Nc1ccc(N)c(C#N)n1. The predicted molar refractivity (Wildman–Crippen MR) is 75.5 cm³/mol. The maximum absolute atomic E-state index is 9.03. The van der Waals surface area contributed by atoms with Gasteiger partial charge in [-0.1, -0.05) is 15.9 Å². The van der Waals surface area contributed by atoms with E-state index in [1.165, 1.54) is 0 Å². The van der Waals surface area contributed by atoms with Crippen LogP contribution < -0.4 is 11.1 Å². The Morgan fingerprint density at radius 3 is 2.63 bits per heavy atom. The molecule has 3 N–H and O–H groups in total. The van der Waals surface area contributed by atoms with Gasteiger partial charge in [0, 0.05) is 4.47 Å². The van der Waals surface area contributed by atoms with Gasteiger partial charge in [-0.25, -0.2) is 4.98 Å². The quantitative estimate of drug-likeness (QED) is 0.888. The first-order valence-electron chi connectivity index (χ1n) is 5.27. The van der Waals surface area contributed by atoms with Crippen molar-refractivity contribution in [3.63, 3.8) is 0 Å². The summed E-state index contributed by atoms with van der Waals surface area (Å²) in [5, 5.41) is 20.9. The van der Waals surface area contributed by atoms with E-state index >= 15 is 0 Å². The first-order chi connectivity index (χ1) is 9.13. The van der Waals surface area contributed by atoms with Gasteiger partial charge in [-0.2, -0.15) is 10.5 Å². The molecule has 5 nitrogen and oxygen atoms in total. The molecule has 0 aliphatic rings. The normalized spacial score (nSPS) is 9.42. The zero-order valence-electron chi connectivity index (χ0n) is 9.68. The van der Waals surface area contributed by atoms with Gasteiger partial charge in [0.15, 0.2) is 5.69 Å². The highest BCUT2D eigenvalue weighted by atomic mass is 79.9. The minimum absolute atomic E-state index is 0.151. The summed E-state index contributed by atoms with van der Waals surface area (Å²) < 4.78 is 0.838. The molecule has 0 radical (unpaired) electrons. The number of nitrogens with one attached hydrogen (secondary N) is 1. The minimum Gasteiger partial charge on any atom is -0.396 e. The zero-order valence-corrected chi connectivity index (χ0v) is 11.3. The van der Waals surface area contributed by atoms with Crippen LogP contribution in [0.25, 0.3) is 0 Å². The highest BCUT2D eigenvalue weighted by molar-refractivity contribution is 9.10. The Kier molecular flexibility index (Phi) is 3.65. The van der Waals surface area contributed by atoms with Crippen LogP contribution in [0.2, 0.25) is 0 Å². The molecule has 0 saturated heterocycles. The molecule has 1 heterocycles. The van der Waals surface area contributed by atoms with Gasteiger partial charge < -0.3 is 11.1 Å². The summed E-state index contributed by atoms with van der Waals surface area (Å²) in [6, 6.07) is 12.5. The van der Waals surface area contributed by atoms with Gasteiger partial charge >= 0.3 is 0 Å². The van der Waals surface area contributed by atoms with Crippen molar-refractivity contribution in [3.05, 3.63) is 46.1 Å². The predicted octanol–water partition coefficient (Wildman–Crippen LogP) is 2.91. The lowest BCUT2D eigenvalue weighted by Crippen LogP contribution is -2.00.